The Morgan fingerprint density at radius 1 is 0.963 bits per heavy atom. The quantitative estimate of drug-likeness (QED) is 0.268. The highest BCUT2D eigenvalue weighted by atomic mass is 16.7. The maximum absolute atomic E-state index is 12.8. The van der Waals surface area contributed by atoms with Gasteiger partial charge in [-0.3, -0.25) is 4.79 Å². The molecule has 0 aliphatic heterocycles. The largest absolute Gasteiger partial charge is 0.512 e. The summed E-state index contributed by atoms with van der Waals surface area (Å²) >= 11 is 0. The molecule has 148 valence electrons. The van der Waals surface area contributed by atoms with E-state index < -0.39 is 6.16 Å². The molecule has 1 heterocycles. The highest BCUT2D eigenvalue weighted by Crippen LogP contribution is 2.32. The van der Waals surface area contributed by atoms with Crippen molar-refractivity contribution in [1.29, 1.82) is 0 Å². The van der Waals surface area contributed by atoms with Crippen LogP contribution in [0.2, 0.25) is 0 Å². The topological polar surface area (TPSA) is 68.5 Å². The predicted molar refractivity (Wildman–Crippen MR) is 108 cm³/mol. The van der Waals surface area contributed by atoms with Gasteiger partial charge in [0.2, 0.25) is 5.88 Å². The van der Waals surface area contributed by atoms with Gasteiger partial charge in [-0.1, -0.05) is 76.5 Å². The Kier molecular flexibility index (Phi) is 8.37. The predicted octanol–water partition coefficient (Wildman–Crippen LogP) is 6.34. The summed E-state index contributed by atoms with van der Waals surface area (Å²) < 4.78 is 6.56. The lowest BCUT2D eigenvalue weighted by atomic mass is 10.0. The van der Waals surface area contributed by atoms with Crippen LogP contribution in [0.15, 0.2) is 24.3 Å². The number of carbonyl (C=O) groups excluding carboxylic acids is 1. The van der Waals surface area contributed by atoms with Gasteiger partial charge in [-0.2, -0.15) is 0 Å². The fourth-order valence-electron chi connectivity index (χ4n) is 3.56. The van der Waals surface area contributed by atoms with Gasteiger partial charge >= 0.3 is 6.16 Å². The van der Waals surface area contributed by atoms with E-state index in [1.54, 1.807) is 11.6 Å². The molecule has 0 saturated heterocycles. The molecule has 1 N–H and O–H groups in total. The molecule has 0 bridgehead atoms. The normalized spacial score (nSPS) is 11.0. The number of para-hydroxylation sites is 1. The zero-order valence-electron chi connectivity index (χ0n) is 16.5. The van der Waals surface area contributed by atoms with Crippen molar-refractivity contribution in [3.05, 3.63) is 29.8 Å². The molecular weight excluding hydrogens is 342 g/mol. The summed E-state index contributed by atoms with van der Waals surface area (Å²) in [6, 6.07) is 7.41. The van der Waals surface area contributed by atoms with Gasteiger partial charge in [0.25, 0.3) is 0 Å². The molecule has 0 fully saturated rings. The van der Waals surface area contributed by atoms with Crippen molar-refractivity contribution in [2.75, 3.05) is 0 Å². The van der Waals surface area contributed by atoms with Crippen molar-refractivity contribution >= 4 is 22.8 Å². The molecule has 1 aromatic carbocycles. The first-order chi connectivity index (χ1) is 13.1. The Morgan fingerprint density at radius 2 is 1.56 bits per heavy atom. The minimum atomic E-state index is -1.40. The third kappa shape index (κ3) is 5.84. The van der Waals surface area contributed by atoms with Gasteiger partial charge < -0.3 is 14.4 Å². The Hall–Kier alpha value is -2.30. The molecule has 5 nitrogen and oxygen atoms in total. The van der Waals surface area contributed by atoms with Crippen LogP contribution in [-0.4, -0.2) is 21.6 Å². The van der Waals surface area contributed by atoms with Crippen LogP contribution in [-0.2, 0) is 7.05 Å². The molecule has 0 amide bonds. The maximum atomic E-state index is 12.8. The van der Waals surface area contributed by atoms with E-state index in [-0.39, 0.29) is 11.7 Å². The molecule has 0 unspecified atom stereocenters. The number of carbonyl (C=O) groups is 2. The van der Waals surface area contributed by atoms with Gasteiger partial charge in [-0.15, -0.1) is 0 Å². The Morgan fingerprint density at radius 3 is 2.19 bits per heavy atom. The van der Waals surface area contributed by atoms with Crippen LogP contribution in [0, 0.1) is 0 Å². The van der Waals surface area contributed by atoms with Crippen LogP contribution in [0.3, 0.4) is 0 Å². The van der Waals surface area contributed by atoms with Crippen LogP contribution >= 0.6 is 0 Å². The number of unbranched alkanes of at least 4 members (excludes halogenated alkanes) is 8. The first-order valence-corrected chi connectivity index (χ1v) is 10.1. The third-order valence-electron chi connectivity index (χ3n) is 5.02. The monoisotopic (exact) mass is 373 g/mol. The number of nitrogens with zero attached hydrogens (tertiary/aromatic N) is 1. The van der Waals surface area contributed by atoms with E-state index in [9.17, 15) is 9.59 Å². The minimum Gasteiger partial charge on any atom is -0.449 e. The van der Waals surface area contributed by atoms with Crippen molar-refractivity contribution in [3.8, 4) is 5.88 Å². The summed E-state index contributed by atoms with van der Waals surface area (Å²) in [5, 5.41) is 9.77. The number of carboxylic acid groups (broad SMARTS) is 1. The number of aromatic nitrogens is 1. The van der Waals surface area contributed by atoms with Crippen LogP contribution in [0.1, 0.15) is 81.5 Å². The molecule has 0 saturated carbocycles. The highest BCUT2D eigenvalue weighted by Gasteiger charge is 2.23. The number of ketones is 1. The van der Waals surface area contributed by atoms with E-state index >= 15 is 0 Å². The fraction of sp³-hybridized carbons (Fsp3) is 0.545. The van der Waals surface area contributed by atoms with Crippen molar-refractivity contribution in [1.82, 2.24) is 4.57 Å². The van der Waals surface area contributed by atoms with E-state index in [0.717, 1.165) is 30.2 Å². The van der Waals surface area contributed by atoms with Gasteiger partial charge in [-0.05, 0) is 12.5 Å². The van der Waals surface area contributed by atoms with Gasteiger partial charge in [0, 0.05) is 18.9 Å². The standard InChI is InChI=1S/C22H31NO4/c1-3-4-5-6-7-8-9-10-11-16-19(24)20-17-14-12-13-15-18(17)23(2)21(20)27-22(25)26/h12-15H,3-11,16H2,1-2H3,(H,25,26). The van der Waals surface area contributed by atoms with Crippen molar-refractivity contribution in [2.45, 2.75) is 71.1 Å². The molecule has 2 aromatic rings. The smallest absolute Gasteiger partial charge is 0.449 e. The van der Waals surface area contributed by atoms with E-state index in [0.29, 0.717) is 12.0 Å². The van der Waals surface area contributed by atoms with E-state index in [1.807, 2.05) is 24.3 Å². The summed E-state index contributed by atoms with van der Waals surface area (Å²) in [5.41, 5.74) is 1.18. The molecule has 5 heteroatoms. The van der Waals surface area contributed by atoms with Crippen molar-refractivity contribution in [3.63, 3.8) is 0 Å². The Labute approximate surface area is 161 Å². The molecule has 0 radical (unpaired) electrons. The van der Waals surface area contributed by atoms with Crippen LogP contribution < -0.4 is 4.74 Å². The van der Waals surface area contributed by atoms with Gasteiger partial charge in [-0.25, -0.2) is 4.79 Å². The summed E-state index contributed by atoms with van der Waals surface area (Å²) in [6.07, 6.45) is 9.72. The second-order valence-electron chi connectivity index (χ2n) is 7.13. The number of Topliss-reactive ketones (excluding diaryl/α,β-unsaturated/α-hetero) is 1. The highest BCUT2D eigenvalue weighted by molar-refractivity contribution is 6.11. The molecule has 0 spiro atoms. The lowest BCUT2D eigenvalue weighted by Crippen LogP contribution is -2.10. The second kappa shape index (κ2) is 10.8. The number of ether oxygens (including phenoxy) is 1. The minimum absolute atomic E-state index is 0.0500. The zero-order chi connectivity index (χ0) is 19.6. The van der Waals surface area contributed by atoms with E-state index in [1.165, 1.54) is 38.5 Å². The number of hydrogen-bond acceptors (Lipinski definition) is 3. The average molecular weight is 373 g/mol. The number of benzene rings is 1. The van der Waals surface area contributed by atoms with Gasteiger partial charge in [0.15, 0.2) is 5.78 Å². The zero-order valence-corrected chi connectivity index (χ0v) is 16.5. The molecule has 0 aliphatic carbocycles. The Bertz CT molecular complexity index is 763. The number of aryl methyl sites for hydroxylation is 1. The summed E-state index contributed by atoms with van der Waals surface area (Å²) in [6.45, 7) is 2.22. The molecule has 27 heavy (non-hydrogen) atoms. The number of hydrogen-bond donors (Lipinski definition) is 1. The van der Waals surface area contributed by atoms with E-state index in [4.69, 9.17) is 9.84 Å². The summed E-state index contributed by atoms with van der Waals surface area (Å²) in [7, 11) is 1.72. The second-order valence-corrected chi connectivity index (χ2v) is 7.13. The van der Waals surface area contributed by atoms with Crippen LogP contribution in [0.5, 0.6) is 5.88 Å². The first-order valence-electron chi connectivity index (χ1n) is 10.1. The fourth-order valence-corrected chi connectivity index (χ4v) is 3.56. The first kappa shape index (κ1) is 21.0. The van der Waals surface area contributed by atoms with Crippen LogP contribution in [0.25, 0.3) is 10.9 Å². The molecule has 0 aliphatic rings. The number of fused-ring (bicyclic) bond motifs is 1. The molecule has 0 atom stereocenters. The lowest BCUT2D eigenvalue weighted by molar-refractivity contribution is 0.0975. The van der Waals surface area contributed by atoms with Gasteiger partial charge in [0.1, 0.15) is 0 Å². The molecular formula is C22H31NO4. The SMILES string of the molecule is CCCCCCCCCCCC(=O)c1c(OC(=O)O)n(C)c2ccccc12. The maximum Gasteiger partial charge on any atom is 0.512 e. The Balaban J connectivity index is 1.92. The van der Waals surface area contributed by atoms with E-state index in [2.05, 4.69) is 6.92 Å². The third-order valence-corrected chi connectivity index (χ3v) is 5.02. The average Bonchev–Trinajstić information content (AvgIpc) is 2.92. The van der Waals surface area contributed by atoms with Gasteiger partial charge in [0.05, 0.1) is 11.1 Å². The number of rotatable bonds is 12. The lowest BCUT2D eigenvalue weighted by Gasteiger charge is -2.06. The molecule has 1 aromatic heterocycles. The molecule has 2 rings (SSSR count). The van der Waals surface area contributed by atoms with Crippen LogP contribution in [0.4, 0.5) is 4.79 Å². The summed E-state index contributed by atoms with van der Waals surface area (Å²) in [5.74, 6) is 0.0654. The van der Waals surface area contributed by atoms with Crippen molar-refractivity contribution in [2.24, 2.45) is 7.05 Å². The summed E-state index contributed by atoms with van der Waals surface area (Å²) in [4.78, 5) is 23.8. The van der Waals surface area contributed by atoms with Crippen molar-refractivity contribution < 1.29 is 19.4 Å².